The molecule has 0 unspecified atom stereocenters. The zero-order valence-corrected chi connectivity index (χ0v) is 14.3. The molecular weight excluding hydrogens is 338 g/mol. The highest BCUT2D eigenvalue weighted by Gasteiger charge is 2.19. The van der Waals surface area contributed by atoms with Crippen molar-refractivity contribution in [2.24, 2.45) is 14.1 Å². The number of halogens is 1. The van der Waals surface area contributed by atoms with E-state index in [9.17, 15) is 14.4 Å². The molecule has 0 aliphatic heterocycles. The lowest BCUT2D eigenvalue weighted by Crippen LogP contribution is -2.41. The van der Waals surface area contributed by atoms with Gasteiger partial charge < -0.3 is 5.73 Å². The summed E-state index contributed by atoms with van der Waals surface area (Å²) in [6, 6.07) is 7.33. The first kappa shape index (κ1) is 17.4. The summed E-state index contributed by atoms with van der Waals surface area (Å²) in [5.74, 6) is 0.166. The summed E-state index contributed by atoms with van der Waals surface area (Å²) in [6.45, 7) is 0. The largest absolute Gasteiger partial charge is 0.384 e. The molecule has 8 heteroatoms. The van der Waals surface area contributed by atoms with Gasteiger partial charge in [-0.15, -0.1) is 11.8 Å². The van der Waals surface area contributed by atoms with Gasteiger partial charge in [0.15, 0.2) is 5.78 Å². The van der Waals surface area contributed by atoms with Gasteiger partial charge in [-0.3, -0.25) is 18.7 Å². The molecule has 1 heterocycles. The minimum atomic E-state index is -0.668. The molecule has 0 aliphatic carbocycles. The number of nitrogen functional groups attached to an aromatic ring is 1. The van der Waals surface area contributed by atoms with Gasteiger partial charge in [-0.25, -0.2) is 4.79 Å². The third-order valence-corrected chi connectivity index (χ3v) is 4.62. The minimum absolute atomic E-state index is 0.0875. The van der Waals surface area contributed by atoms with Crippen molar-refractivity contribution in [2.45, 2.75) is 5.75 Å². The zero-order valence-electron chi connectivity index (χ0n) is 12.7. The van der Waals surface area contributed by atoms with Gasteiger partial charge in [-0.05, 0) is 17.7 Å². The fourth-order valence-electron chi connectivity index (χ4n) is 2.08. The lowest BCUT2D eigenvalue weighted by molar-refractivity contribution is 0.102. The van der Waals surface area contributed by atoms with E-state index >= 15 is 0 Å². The number of ketones is 1. The van der Waals surface area contributed by atoms with E-state index in [-0.39, 0.29) is 17.1 Å². The van der Waals surface area contributed by atoms with Crippen LogP contribution in [0.2, 0.25) is 5.02 Å². The first-order valence-electron chi connectivity index (χ1n) is 6.73. The maximum Gasteiger partial charge on any atom is 0.332 e. The summed E-state index contributed by atoms with van der Waals surface area (Å²) in [5.41, 5.74) is 5.37. The molecule has 0 atom stereocenters. The first-order valence-corrected chi connectivity index (χ1v) is 8.27. The molecule has 2 rings (SSSR count). The smallest absolute Gasteiger partial charge is 0.332 e. The lowest BCUT2D eigenvalue weighted by atomic mass is 10.2. The van der Waals surface area contributed by atoms with Crippen LogP contribution in [-0.2, 0) is 19.8 Å². The van der Waals surface area contributed by atoms with Gasteiger partial charge in [-0.1, -0.05) is 23.7 Å². The van der Waals surface area contributed by atoms with Gasteiger partial charge in [-0.2, -0.15) is 0 Å². The van der Waals surface area contributed by atoms with Crippen LogP contribution in [0.1, 0.15) is 15.9 Å². The quantitative estimate of drug-likeness (QED) is 0.822. The van der Waals surface area contributed by atoms with Crippen molar-refractivity contribution in [3.63, 3.8) is 0 Å². The second-order valence-electron chi connectivity index (χ2n) is 5.01. The van der Waals surface area contributed by atoms with Gasteiger partial charge in [0, 0.05) is 24.9 Å². The number of aromatic nitrogens is 2. The van der Waals surface area contributed by atoms with E-state index < -0.39 is 17.0 Å². The Morgan fingerprint density at radius 2 is 1.96 bits per heavy atom. The third kappa shape index (κ3) is 3.68. The van der Waals surface area contributed by atoms with Gasteiger partial charge in [0.25, 0.3) is 5.56 Å². The zero-order chi connectivity index (χ0) is 17.1. The van der Waals surface area contributed by atoms with Crippen LogP contribution < -0.4 is 17.0 Å². The number of nitrogens with zero attached hydrogens (tertiary/aromatic N) is 2. The summed E-state index contributed by atoms with van der Waals surface area (Å²) in [5, 5.41) is 0.630. The normalized spacial score (nSPS) is 10.7. The number of rotatable bonds is 5. The van der Waals surface area contributed by atoms with E-state index in [2.05, 4.69) is 0 Å². The summed E-state index contributed by atoms with van der Waals surface area (Å²) in [7, 11) is 2.74. The molecule has 0 bridgehead atoms. The van der Waals surface area contributed by atoms with E-state index in [1.807, 2.05) is 18.2 Å². The molecule has 0 radical (unpaired) electrons. The van der Waals surface area contributed by atoms with Gasteiger partial charge in [0.1, 0.15) is 11.4 Å². The van der Waals surface area contributed by atoms with E-state index in [1.54, 1.807) is 6.07 Å². The molecule has 2 N–H and O–H groups in total. The molecule has 6 nitrogen and oxygen atoms in total. The van der Waals surface area contributed by atoms with Crippen LogP contribution in [-0.4, -0.2) is 20.7 Å². The van der Waals surface area contributed by atoms with Crippen molar-refractivity contribution in [3.8, 4) is 0 Å². The lowest BCUT2D eigenvalue weighted by Gasteiger charge is -2.10. The molecule has 0 saturated heterocycles. The van der Waals surface area contributed by atoms with E-state index in [1.165, 1.54) is 25.9 Å². The van der Waals surface area contributed by atoms with Crippen LogP contribution in [0.4, 0.5) is 5.82 Å². The second-order valence-corrected chi connectivity index (χ2v) is 6.43. The Balaban J connectivity index is 2.16. The van der Waals surface area contributed by atoms with E-state index in [0.29, 0.717) is 10.8 Å². The van der Waals surface area contributed by atoms with Crippen molar-refractivity contribution in [1.29, 1.82) is 0 Å². The number of nitrogens with two attached hydrogens (primary N) is 1. The van der Waals surface area contributed by atoms with Crippen LogP contribution in [0.25, 0.3) is 0 Å². The Bertz CT molecular complexity index is 873. The maximum atomic E-state index is 12.3. The first-order chi connectivity index (χ1) is 10.8. The predicted octanol–water partition coefficient (Wildman–Crippen LogP) is 1.44. The van der Waals surface area contributed by atoms with Crippen LogP contribution in [0, 0.1) is 0 Å². The Labute approximate surface area is 141 Å². The van der Waals surface area contributed by atoms with Gasteiger partial charge in [0.2, 0.25) is 0 Å². The van der Waals surface area contributed by atoms with E-state index in [0.717, 1.165) is 14.7 Å². The molecule has 0 amide bonds. The number of hydrogen-bond donors (Lipinski definition) is 1. The Morgan fingerprint density at radius 1 is 1.26 bits per heavy atom. The van der Waals surface area contributed by atoms with Gasteiger partial charge >= 0.3 is 5.69 Å². The van der Waals surface area contributed by atoms with Crippen LogP contribution >= 0.6 is 23.4 Å². The number of anilines is 1. The molecule has 23 heavy (non-hydrogen) atoms. The van der Waals surface area contributed by atoms with Crippen molar-refractivity contribution in [2.75, 3.05) is 11.5 Å². The molecule has 0 spiro atoms. The fourth-order valence-corrected chi connectivity index (χ4v) is 3.14. The maximum absolute atomic E-state index is 12.3. The molecule has 122 valence electrons. The number of Topliss-reactive ketones (excluding diaryl/α,β-unsaturated/α-hetero) is 1. The summed E-state index contributed by atoms with van der Waals surface area (Å²) in [6.07, 6.45) is 0. The van der Waals surface area contributed by atoms with Crippen molar-refractivity contribution in [1.82, 2.24) is 9.13 Å². The standard InChI is InChI=1S/C15H16ClN3O3S/c1-18-13(17)12(14(21)19(2)15(18)22)11(20)8-23-7-9-4-3-5-10(16)6-9/h3-6H,7-8,17H2,1-2H3. The third-order valence-electron chi connectivity index (χ3n) is 3.38. The SMILES string of the molecule is Cn1c(N)c(C(=O)CSCc2cccc(Cl)c2)c(=O)n(C)c1=O. The highest BCUT2D eigenvalue weighted by molar-refractivity contribution is 7.99. The van der Waals surface area contributed by atoms with Crippen molar-refractivity contribution < 1.29 is 4.79 Å². The molecule has 0 saturated carbocycles. The average molecular weight is 354 g/mol. The topological polar surface area (TPSA) is 87.1 Å². The molecule has 1 aromatic heterocycles. The monoisotopic (exact) mass is 353 g/mol. The minimum Gasteiger partial charge on any atom is -0.384 e. The van der Waals surface area contributed by atoms with Gasteiger partial charge in [0.05, 0.1) is 5.75 Å². The molecule has 0 fully saturated rings. The highest BCUT2D eigenvalue weighted by Crippen LogP contribution is 2.18. The van der Waals surface area contributed by atoms with Crippen molar-refractivity contribution in [3.05, 3.63) is 61.3 Å². The molecular formula is C15H16ClN3O3S. The molecule has 2 aromatic rings. The number of carbonyl (C=O) groups is 1. The predicted molar refractivity (Wildman–Crippen MR) is 93.3 cm³/mol. The Hall–Kier alpha value is -1.99. The number of thioether (sulfide) groups is 1. The summed E-state index contributed by atoms with van der Waals surface area (Å²) >= 11 is 7.26. The summed E-state index contributed by atoms with van der Waals surface area (Å²) in [4.78, 5) is 36.1. The van der Waals surface area contributed by atoms with E-state index in [4.69, 9.17) is 17.3 Å². The number of hydrogen-bond acceptors (Lipinski definition) is 5. The second kappa shape index (κ2) is 7.06. The molecule has 1 aromatic carbocycles. The summed E-state index contributed by atoms with van der Waals surface area (Å²) < 4.78 is 1.97. The Kier molecular flexibility index (Phi) is 5.33. The molecule has 0 aliphatic rings. The van der Waals surface area contributed by atoms with Crippen LogP contribution in [0.15, 0.2) is 33.9 Å². The van der Waals surface area contributed by atoms with Crippen LogP contribution in [0.5, 0.6) is 0 Å². The number of carbonyl (C=O) groups excluding carboxylic acids is 1. The highest BCUT2D eigenvalue weighted by atomic mass is 35.5. The Morgan fingerprint density at radius 3 is 2.61 bits per heavy atom. The fraction of sp³-hybridized carbons (Fsp3) is 0.267. The van der Waals surface area contributed by atoms with Crippen LogP contribution in [0.3, 0.4) is 0 Å². The number of benzene rings is 1. The van der Waals surface area contributed by atoms with Crippen molar-refractivity contribution >= 4 is 35.0 Å². The average Bonchev–Trinajstić information content (AvgIpc) is 2.51.